The van der Waals surface area contributed by atoms with Crippen molar-refractivity contribution in [2.75, 3.05) is 17.4 Å². The number of hydrogen-bond acceptors (Lipinski definition) is 6. The lowest BCUT2D eigenvalue weighted by atomic mass is 10.2. The van der Waals surface area contributed by atoms with Crippen molar-refractivity contribution in [1.29, 1.82) is 0 Å². The first-order valence-corrected chi connectivity index (χ1v) is 10.5. The molecule has 0 saturated heterocycles. The molecule has 0 aliphatic heterocycles. The van der Waals surface area contributed by atoms with E-state index in [-0.39, 0.29) is 15.4 Å². The number of carbonyl (C=O) groups is 1. The molecule has 23 heavy (non-hydrogen) atoms. The van der Waals surface area contributed by atoms with E-state index in [1.54, 1.807) is 18.2 Å². The van der Waals surface area contributed by atoms with Crippen molar-refractivity contribution in [2.24, 2.45) is 0 Å². The van der Waals surface area contributed by atoms with Gasteiger partial charge in [0.05, 0.1) is 5.33 Å². The summed E-state index contributed by atoms with van der Waals surface area (Å²) in [5.41, 5.74) is 0.553. The molecule has 0 aliphatic carbocycles. The second kappa shape index (κ2) is 7.75. The van der Waals surface area contributed by atoms with Gasteiger partial charge in [0.2, 0.25) is 5.91 Å². The van der Waals surface area contributed by atoms with Crippen molar-refractivity contribution in [3.05, 3.63) is 24.3 Å². The number of alkyl halides is 1. The number of rotatable bonds is 7. The summed E-state index contributed by atoms with van der Waals surface area (Å²) in [4.78, 5) is 19.8. The van der Waals surface area contributed by atoms with E-state index in [1.165, 1.54) is 6.07 Å². The van der Waals surface area contributed by atoms with Crippen molar-refractivity contribution in [1.82, 2.24) is 4.72 Å². The highest BCUT2D eigenvalue weighted by Crippen LogP contribution is 2.31. The summed E-state index contributed by atoms with van der Waals surface area (Å²) in [6.45, 7) is -0.602. The van der Waals surface area contributed by atoms with Crippen LogP contribution < -0.4 is 10.0 Å². The van der Waals surface area contributed by atoms with Gasteiger partial charge in [-0.25, -0.2) is 8.42 Å². The number of halogens is 1. The normalized spacial score (nSPS) is 12.3. The van der Waals surface area contributed by atoms with Gasteiger partial charge in [0, 0.05) is 15.0 Å². The average molecular weight is 442 g/mol. The van der Waals surface area contributed by atoms with Crippen LogP contribution in [0.5, 0.6) is 0 Å². The smallest absolute Gasteiger partial charge is 0.325 e. The highest BCUT2D eigenvalue weighted by Gasteiger charge is 2.20. The Balaban J connectivity index is 2.22. The van der Waals surface area contributed by atoms with E-state index in [4.69, 9.17) is 4.89 Å². The number of fused-ring (bicyclic) bond motifs is 1. The van der Waals surface area contributed by atoms with Gasteiger partial charge in [-0.1, -0.05) is 15.9 Å². The molecule has 1 aromatic heterocycles. The van der Waals surface area contributed by atoms with Crippen LogP contribution >= 0.6 is 35.5 Å². The summed E-state index contributed by atoms with van der Waals surface area (Å²) < 4.78 is 41.6. The van der Waals surface area contributed by atoms with E-state index in [0.29, 0.717) is 11.1 Å². The predicted molar refractivity (Wildman–Crippen MR) is 90.3 cm³/mol. The second-order valence-electron chi connectivity index (χ2n) is 4.16. The maximum absolute atomic E-state index is 12.1. The average Bonchev–Trinajstić information content (AvgIpc) is 2.90. The van der Waals surface area contributed by atoms with E-state index < -0.39 is 25.0 Å². The number of hydrogen-bond donors (Lipinski definition) is 3. The van der Waals surface area contributed by atoms with Crippen molar-refractivity contribution in [3.63, 3.8) is 0 Å². The van der Waals surface area contributed by atoms with Crippen LogP contribution in [0.4, 0.5) is 5.69 Å². The summed E-state index contributed by atoms with van der Waals surface area (Å²) in [7, 11) is -6.72. The van der Waals surface area contributed by atoms with Crippen LogP contribution in [0.1, 0.15) is 0 Å². The van der Waals surface area contributed by atoms with Crippen LogP contribution in [0.3, 0.4) is 0 Å². The minimum absolute atomic E-state index is 0.0354. The summed E-state index contributed by atoms with van der Waals surface area (Å²) in [6.07, 6.45) is 0. The van der Waals surface area contributed by atoms with E-state index in [9.17, 15) is 17.8 Å². The maximum atomic E-state index is 12.1. The Morgan fingerprint density at radius 1 is 1.39 bits per heavy atom. The number of carbonyl (C=O) groups excluding carboxylic acids is 1. The highest BCUT2D eigenvalue weighted by atomic mass is 79.9. The molecule has 0 saturated carbocycles. The Hall–Kier alpha value is -0.940. The lowest BCUT2D eigenvalue weighted by molar-refractivity contribution is -0.113. The molecule has 124 valence electrons. The molecule has 0 bridgehead atoms. The van der Waals surface area contributed by atoms with Gasteiger partial charge in [-0.15, -0.1) is 20.8 Å². The van der Waals surface area contributed by atoms with Crippen molar-refractivity contribution >= 4 is 67.2 Å². The Labute approximate surface area is 145 Å². The number of amides is 1. The fourth-order valence-electron chi connectivity index (χ4n) is 1.65. The van der Waals surface area contributed by atoms with Gasteiger partial charge in [0.1, 0.15) is 4.21 Å². The van der Waals surface area contributed by atoms with Gasteiger partial charge in [-0.05, 0) is 29.7 Å². The fourth-order valence-corrected chi connectivity index (χ4v) is 4.35. The maximum Gasteiger partial charge on any atom is 0.696 e. The van der Waals surface area contributed by atoms with Gasteiger partial charge in [-0.3, -0.25) is 4.79 Å². The van der Waals surface area contributed by atoms with Crippen molar-refractivity contribution in [3.8, 4) is 0 Å². The van der Waals surface area contributed by atoms with Gasteiger partial charge >= 0.3 is 8.25 Å². The summed E-state index contributed by atoms with van der Waals surface area (Å²) in [5.74, 6) is -0.218. The molecule has 0 aliphatic rings. The number of anilines is 1. The molecule has 2 aromatic rings. The number of sulfonamides is 1. The lowest BCUT2D eigenvalue weighted by Crippen LogP contribution is -2.24. The van der Waals surface area contributed by atoms with Crippen LogP contribution in [0.2, 0.25) is 0 Å². The molecule has 2 rings (SSSR count). The molecule has 1 amide bonds. The topological polar surface area (TPSA) is 122 Å². The second-order valence-corrected chi connectivity index (χ2v) is 8.53. The van der Waals surface area contributed by atoms with Crippen molar-refractivity contribution in [2.45, 2.75) is 4.21 Å². The lowest BCUT2D eigenvalue weighted by Gasteiger charge is -2.02. The Kier molecular flexibility index (Phi) is 6.20. The number of benzene rings is 1. The zero-order valence-electron chi connectivity index (χ0n) is 11.4. The molecule has 1 aromatic carbocycles. The minimum atomic E-state index is -3.85. The zero-order valence-corrected chi connectivity index (χ0v) is 15.5. The fraction of sp³-hybridized carbons (Fsp3) is 0.182. The molecule has 0 radical (unpaired) electrons. The third-order valence-corrected chi connectivity index (χ3v) is 6.41. The predicted octanol–water partition coefficient (Wildman–Crippen LogP) is 2.14. The molecular weight excluding hydrogens is 431 g/mol. The zero-order chi connectivity index (χ0) is 17.0. The first-order chi connectivity index (χ1) is 10.8. The quantitative estimate of drug-likeness (QED) is 0.343. The molecule has 8 nitrogen and oxygen atoms in total. The molecule has 1 heterocycles. The molecular formula is C11H11BrN2O6PS2+. The first kappa shape index (κ1) is 18.4. The monoisotopic (exact) mass is 441 g/mol. The standard InChI is InChI=1S/C11H10BrN2O6PS2/c12-5-10(15)14-8-1-2-9-7(3-8)4-11(22-9)23(18,19)13-6-20-21(16)17/h1-4,13H,5-6H2,(H-,14,15,16,17)/p+1. The van der Waals surface area contributed by atoms with Crippen LogP contribution in [-0.4, -0.2) is 31.3 Å². The number of nitrogens with one attached hydrogen (secondary N) is 2. The van der Waals surface area contributed by atoms with Crippen LogP contribution in [0, 0.1) is 0 Å². The van der Waals surface area contributed by atoms with E-state index in [2.05, 4.69) is 30.5 Å². The van der Waals surface area contributed by atoms with Gasteiger partial charge in [0.15, 0.2) is 6.73 Å². The Bertz CT molecular complexity index is 853. The third kappa shape index (κ3) is 5.01. The molecule has 12 heteroatoms. The molecule has 0 fully saturated rings. The molecule has 1 atom stereocenters. The van der Waals surface area contributed by atoms with E-state index in [0.717, 1.165) is 16.0 Å². The summed E-state index contributed by atoms with van der Waals surface area (Å²) in [6, 6.07) is 6.48. The summed E-state index contributed by atoms with van der Waals surface area (Å²) in [5, 5.41) is 3.46. The Morgan fingerprint density at radius 3 is 2.78 bits per heavy atom. The Morgan fingerprint density at radius 2 is 2.13 bits per heavy atom. The number of thiophene rings is 1. The van der Waals surface area contributed by atoms with Gasteiger partial charge < -0.3 is 5.32 Å². The third-order valence-electron chi connectivity index (χ3n) is 2.59. The SMILES string of the molecule is O=C(CBr)Nc1ccc2sc(S(=O)(=O)NCO[P+](=O)O)cc2c1. The summed E-state index contributed by atoms with van der Waals surface area (Å²) >= 11 is 4.07. The van der Waals surface area contributed by atoms with Gasteiger partial charge in [-0.2, -0.15) is 4.72 Å². The first-order valence-electron chi connectivity index (χ1n) is 6.00. The van der Waals surface area contributed by atoms with Gasteiger partial charge in [0.25, 0.3) is 10.0 Å². The molecule has 1 unspecified atom stereocenters. The largest absolute Gasteiger partial charge is 0.696 e. The van der Waals surface area contributed by atoms with Crippen molar-refractivity contribution < 1.29 is 27.2 Å². The molecule has 3 N–H and O–H groups in total. The van der Waals surface area contributed by atoms with E-state index >= 15 is 0 Å². The highest BCUT2D eigenvalue weighted by molar-refractivity contribution is 9.09. The minimum Gasteiger partial charge on any atom is -0.325 e. The van der Waals surface area contributed by atoms with Crippen LogP contribution in [-0.2, 0) is 23.9 Å². The van der Waals surface area contributed by atoms with E-state index in [1.807, 2.05) is 0 Å². The van der Waals surface area contributed by atoms with Crippen LogP contribution in [0.25, 0.3) is 10.1 Å². The molecule has 0 spiro atoms. The van der Waals surface area contributed by atoms with Crippen LogP contribution in [0.15, 0.2) is 28.5 Å².